The monoisotopic (exact) mass is 414 g/mol. The standard InChI is InChI=1S/C20H15FN2O5S/c1-25-14-7-6-11(8-15(14)26-2)19-22-18(28-23-19)10-27-20(24)17-9-12-13(21)4-3-5-16(12)29-17/h3-9H,10H2,1-2H3. The predicted molar refractivity (Wildman–Crippen MR) is 104 cm³/mol. The minimum absolute atomic E-state index is 0.135. The molecule has 0 amide bonds. The number of hydrogen-bond acceptors (Lipinski definition) is 8. The molecule has 2 heterocycles. The molecule has 0 saturated heterocycles. The molecule has 2 aromatic heterocycles. The number of carbonyl (C=O) groups excluding carboxylic acids is 1. The average molecular weight is 414 g/mol. The Morgan fingerprint density at radius 2 is 1.97 bits per heavy atom. The summed E-state index contributed by atoms with van der Waals surface area (Å²) in [5.41, 5.74) is 0.656. The number of fused-ring (bicyclic) bond motifs is 1. The van der Waals surface area contributed by atoms with Crippen molar-refractivity contribution in [2.45, 2.75) is 6.61 Å². The van der Waals surface area contributed by atoms with Gasteiger partial charge in [0, 0.05) is 15.6 Å². The summed E-state index contributed by atoms with van der Waals surface area (Å²) in [6, 6.07) is 11.4. The van der Waals surface area contributed by atoms with Crippen molar-refractivity contribution >= 4 is 27.4 Å². The summed E-state index contributed by atoms with van der Waals surface area (Å²) in [5, 5.41) is 4.28. The van der Waals surface area contributed by atoms with Gasteiger partial charge in [0.2, 0.25) is 5.82 Å². The molecule has 0 atom stereocenters. The topological polar surface area (TPSA) is 83.7 Å². The van der Waals surface area contributed by atoms with E-state index < -0.39 is 5.97 Å². The van der Waals surface area contributed by atoms with Gasteiger partial charge in [-0.25, -0.2) is 9.18 Å². The molecule has 0 aliphatic carbocycles. The first kappa shape index (κ1) is 18.9. The van der Waals surface area contributed by atoms with Crippen LogP contribution >= 0.6 is 11.3 Å². The van der Waals surface area contributed by atoms with E-state index in [1.165, 1.54) is 19.2 Å². The quantitative estimate of drug-likeness (QED) is 0.431. The lowest BCUT2D eigenvalue weighted by Gasteiger charge is -2.07. The first-order chi connectivity index (χ1) is 14.1. The number of esters is 1. The summed E-state index contributed by atoms with van der Waals surface area (Å²) < 4.78 is 35.3. The first-order valence-electron chi connectivity index (χ1n) is 8.49. The van der Waals surface area contributed by atoms with Crippen LogP contribution in [0.2, 0.25) is 0 Å². The van der Waals surface area contributed by atoms with Crippen LogP contribution in [0.25, 0.3) is 21.5 Å². The number of thiophene rings is 1. The average Bonchev–Trinajstić information content (AvgIpc) is 3.39. The molecule has 4 rings (SSSR count). The summed E-state index contributed by atoms with van der Waals surface area (Å²) in [7, 11) is 3.08. The maximum Gasteiger partial charge on any atom is 0.348 e. The second-order valence-corrected chi connectivity index (χ2v) is 7.00. The molecular formula is C20H15FN2O5S. The highest BCUT2D eigenvalue weighted by atomic mass is 32.1. The van der Waals surface area contributed by atoms with Crippen LogP contribution in [0.3, 0.4) is 0 Å². The van der Waals surface area contributed by atoms with Gasteiger partial charge in [0.05, 0.1) is 14.2 Å². The molecule has 2 aromatic carbocycles. The van der Waals surface area contributed by atoms with Crippen LogP contribution < -0.4 is 9.47 Å². The normalized spacial score (nSPS) is 10.9. The van der Waals surface area contributed by atoms with E-state index in [-0.39, 0.29) is 18.3 Å². The Morgan fingerprint density at radius 3 is 2.72 bits per heavy atom. The van der Waals surface area contributed by atoms with Gasteiger partial charge in [0.1, 0.15) is 10.7 Å². The highest BCUT2D eigenvalue weighted by molar-refractivity contribution is 7.20. The van der Waals surface area contributed by atoms with Gasteiger partial charge in [-0.1, -0.05) is 11.2 Å². The molecule has 0 saturated carbocycles. The van der Waals surface area contributed by atoms with Crippen LogP contribution in [-0.2, 0) is 11.3 Å². The lowest BCUT2D eigenvalue weighted by atomic mass is 10.2. The number of carbonyl (C=O) groups is 1. The molecule has 9 heteroatoms. The van der Waals surface area contributed by atoms with E-state index in [4.69, 9.17) is 18.7 Å². The molecule has 0 aliphatic heterocycles. The Kier molecular flexibility index (Phi) is 5.13. The van der Waals surface area contributed by atoms with Gasteiger partial charge in [-0.2, -0.15) is 4.98 Å². The fraction of sp³-hybridized carbons (Fsp3) is 0.150. The number of hydrogen-bond donors (Lipinski definition) is 0. The maximum atomic E-state index is 13.8. The second-order valence-electron chi connectivity index (χ2n) is 5.92. The molecular weight excluding hydrogens is 399 g/mol. The predicted octanol–water partition coefficient (Wildman–Crippen LogP) is 4.46. The van der Waals surface area contributed by atoms with Crippen LogP contribution in [0.4, 0.5) is 4.39 Å². The van der Waals surface area contributed by atoms with E-state index >= 15 is 0 Å². The number of aromatic nitrogens is 2. The van der Waals surface area contributed by atoms with E-state index in [1.807, 2.05) is 0 Å². The fourth-order valence-corrected chi connectivity index (χ4v) is 3.70. The van der Waals surface area contributed by atoms with Crippen molar-refractivity contribution in [1.82, 2.24) is 10.1 Å². The molecule has 0 aliphatic rings. The zero-order valence-corrected chi connectivity index (χ0v) is 16.3. The Bertz CT molecular complexity index is 1190. The van der Waals surface area contributed by atoms with Gasteiger partial charge in [0.25, 0.3) is 5.89 Å². The third-order valence-electron chi connectivity index (χ3n) is 4.15. The van der Waals surface area contributed by atoms with Crippen molar-refractivity contribution in [3.63, 3.8) is 0 Å². The van der Waals surface area contributed by atoms with Crippen molar-refractivity contribution in [1.29, 1.82) is 0 Å². The Morgan fingerprint density at radius 1 is 1.14 bits per heavy atom. The largest absolute Gasteiger partial charge is 0.493 e. The molecule has 29 heavy (non-hydrogen) atoms. The molecule has 0 bridgehead atoms. The molecule has 4 aromatic rings. The number of nitrogens with zero attached hydrogens (tertiary/aromatic N) is 2. The van der Waals surface area contributed by atoms with Crippen LogP contribution in [0.5, 0.6) is 11.5 Å². The van der Waals surface area contributed by atoms with Gasteiger partial charge in [0.15, 0.2) is 18.1 Å². The summed E-state index contributed by atoms with van der Waals surface area (Å²) in [5.74, 6) is 0.593. The minimum atomic E-state index is -0.587. The first-order valence-corrected chi connectivity index (χ1v) is 9.31. The molecule has 148 valence electrons. The van der Waals surface area contributed by atoms with E-state index in [1.54, 1.807) is 37.4 Å². The van der Waals surface area contributed by atoms with Gasteiger partial charge in [-0.05, 0) is 36.4 Å². The smallest absolute Gasteiger partial charge is 0.348 e. The Hall–Kier alpha value is -3.46. The van der Waals surface area contributed by atoms with Crippen LogP contribution in [0.1, 0.15) is 15.6 Å². The zero-order chi connectivity index (χ0) is 20.4. The van der Waals surface area contributed by atoms with Crippen LogP contribution in [0, 0.1) is 5.82 Å². The number of benzene rings is 2. The summed E-state index contributed by atoms with van der Waals surface area (Å²) in [4.78, 5) is 16.8. The van der Waals surface area contributed by atoms with Crippen LogP contribution in [0.15, 0.2) is 47.0 Å². The van der Waals surface area contributed by atoms with Gasteiger partial charge < -0.3 is 18.7 Å². The Balaban J connectivity index is 1.46. The second kappa shape index (κ2) is 7.88. The maximum absolute atomic E-state index is 13.8. The number of rotatable bonds is 6. The lowest BCUT2D eigenvalue weighted by molar-refractivity contribution is 0.0435. The SMILES string of the molecule is COc1ccc(-c2noc(COC(=O)c3cc4c(F)cccc4s3)n2)cc1OC. The fourth-order valence-electron chi connectivity index (χ4n) is 2.73. The molecule has 7 nitrogen and oxygen atoms in total. The molecule has 0 fully saturated rings. The van der Waals surface area contributed by atoms with Crippen molar-refractivity contribution < 1.29 is 27.9 Å². The number of methoxy groups -OCH3 is 2. The van der Waals surface area contributed by atoms with E-state index in [2.05, 4.69) is 10.1 Å². The van der Waals surface area contributed by atoms with Crippen molar-refractivity contribution in [2.24, 2.45) is 0 Å². The lowest BCUT2D eigenvalue weighted by Crippen LogP contribution is -2.03. The van der Waals surface area contributed by atoms with Gasteiger partial charge in [-0.15, -0.1) is 11.3 Å². The highest BCUT2D eigenvalue weighted by Crippen LogP contribution is 2.31. The molecule has 0 spiro atoms. The van der Waals surface area contributed by atoms with Crippen molar-refractivity contribution in [2.75, 3.05) is 14.2 Å². The van der Waals surface area contributed by atoms with Crippen molar-refractivity contribution in [3.05, 3.63) is 59.0 Å². The summed E-state index contributed by atoms with van der Waals surface area (Å²) in [6.07, 6.45) is 0. The Labute approximate surface area is 168 Å². The van der Waals surface area contributed by atoms with Gasteiger partial charge >= 0.3 is 5.97 Å². The molecule has 0 radical (unpaired) electrons. The van der Waals surface area contributed by atoms with Crippen LogP contribution in [-0.4, -0.2) is 30.3 Å². The van der Waals surface area contributed by atoms with Gasteiger partial charge in [-0.3, -0.25) is 0 Å². The van der Waals surface area contributed by atoms with Crippen molar-refractivity contribution in [3.8, 4) is 22.9 Å². The molecule has 0 unspecified atom stereocenters. The van der Waals surface area contributed by atoms with E-state index in [0.29, 0.717) is 37.9 Å². The summed E-state index contributed by atoms with van der Waals surface area (Å²) in [6.45, 7) is -0.199. The highest BCUT2D eigenvalue weighted by Gasteiger charge is 2.17. The third-order valence-corrected chi connectivity index (χ3v) is 5.23. The molecule has 0 N–H and O–H groups in total. The number of ether oxygens (including phenoxy) is 3. The zero-order valence-electron chi connectivity index (χ0n) is 15.5. The van der Waals surface area contributed by atoms with E-state index in [0.717, 1.165) is 11.3 Å². The summed E-state index contributed by atoms with van der Waals surface area (Å²) >= 11 is 1.16. The van der Waals surface area contributed by atoms with E-state index in [9.17, 15) is 9.18 Å². The number of halogens is 1. The third kappa shape index (κ3) is 3.77. The minimum Gasteiger partial charge on any atom is -0.493 e.